The zero-order chi connectivity index (χ0) is 13.9. The number of nitrogens with zero attached hydrogens (tertiary/aromatic N) is 1. The molecule has 0 aliphatic rings. The maximum Gasteiger partial charge on any atom is 0.181 e. The molecule has 3 heteroatoms. The molecule has 0 aliphatic carbocycles. The molecule has 0 fully saturated rings. The van der Waals surface area contributed by atoms with Crippen LogP contribution in [-0.4, -0.2) is 4.57 Å². The molecule has 1 aromatic heterocycles. The van der Waals surface area contributed by atoms with Gasteiger partial charge in [-0.1, -0.05) is 42.5 Å². The molecule has 0 saturated carbocycles. The van der Waals surface area contributed by atoms with Gasteiger partial charge < -0.3 is 10.3 Å². The summed E-state index contributed by atoms with van der Waals surface area (Å²) in [7, 11) is 0. The molecule has 0 bridgehead atoms. The minimum absolute atomic E-state index is 0.0139. The number of benzene rings is 2. The normalized spacial score (nSPS) is 12.4. The SMILES string of the molecule is NC(Cn1ccc(=O)cc1)c1cccc2ccccc12. The van der Waals surface area contributed by atoms with Crippen molar-refractivity contribution in [2.24, 2.45) is 5.73 Å². The number of rotatable bonds is 3. The Morgan fingerprint density at radius 2 is 1.65 bits per heavy atom. The van der Waals surface area contributed by atoms with Crippen molar-refractivity contribution in [1.29, 1.82) is 0 Å². The van der Waals surface area contributed by atoms with Gasteiger partial charge >= 0.3 is 0 Å². The van der Waals surface area contributed by atoms with Gasteiger partial charge in [-0.15, -0.1) is 0 Å². The molecule has 3 nitrogen and oxygen atoms in total. The van der Waals surface area contributed by atoms with E-state index < -0.39 is 0 Å². The fraction of sp³-hybridized carbons (Fsp3) is 0.118. The molecule has 2 aromatic carbocycles. The van der Waals surface area contributed by atoms with Crippen molar-refractivity contribution in [2.45, 2.75) is 12.6 Å². The molecule has 0 radical (unpaired) electrons. The summed E-state index contributed by atoms with van der Waals surface area (Å²) in [5, 5.41) is 2.38. The molecular weight excluding hydrogens is 248 g/mol. The van der Waals surface area contributed by atoms with E-state index in [4.69, 9.17) is 5.73 Å². The third kappa shape index (κ3) is 2.49. The standard InChI is InChI=1S/C17H16N2O/c18-17(12-19-10-8-14(20)9-11-19)16-7-3-5-13-4-1-2-6-15(13)16/h1-11,17H,12,18H2. The van der Waals surface area contributed by atoms with Gasteiger partial charge in [0.2, 0.25) is 0 Å². The van der Waals surface area contributed by atoms with Crippen LogP contribution in [0, 0.1) is 0 Å². The second kappa shape index (κ2) is 5.31. The van der Waals surface area contributed by atoms with Crippen LogP contribution in [0.4, 0.5) is 0 Å². The summed E-state index contributed by atoms with van der Waals surface area (Å²) in [5.41, 5.74) is 7.47. The Hall–Kier alpha value is -2.39. The number of pyridine rings is 1. The zero-order valence-corrected chi connectivity index (χ0v) is 11.1. The molecule has 0 amide bonds. The van der Waals surface area contributed by atoms with Crippen LogP contribution in [0.3, 0.4) is 0 Å². The average Bonchev–Trinajstić information content (AvgIpc) is 2.49. The van der Waals surface area contributed by atoms with Gasteiger partial charge in [0, 0.05) is 37.1 Å². The minimum atomic E-state index is -0.108. The minimum Gasteiger partial charge on any atom is -0.352 e. The molecule has 1 heterocycles. The van der Waals surface area contributed by atoms with E-state index in [0.29, 0.717) is 6.54 Å². The van der Waals surface area contributed by atoms with Crippen LogP contribution in [0.2, 0.25) is 0 Å². The van der Waals surface area contributed by atoms with E-state index >= 15 is 0 Å². The van der Waals surface area contributed by atoms with E-state index in [1.165, 1.54) is 10.8 Å². The molecular formula is C17H16N2O. The van der Waals surface area contributed by atoms with Crippen molar-refractivity contribution in [3.8, 4) is 0 Å². The molecule has 0 aliphatic heterocycles. The zero-order valence-electron chi connectivity index (χ0n) is 11.1. The van der Waals surface area contributed by atoms with Crippen LogP contribution in [0.25, 0.3) is 10.8 Å². The largest absolute Gasteiger partial charge is 0.352 e. The first kappa shape index (κ1) is 12.6. The van der Waals surface area contributed by atoms with Crippen molar-refractivity contribution in [1.82, 2.24) is 4.57 Å². The monoisotopic (exact) mass is 264 g/mol. The van der Waals surface area contributed by atoms with E-state index in [1.807, 2.05) is 22.8 Å². The Morgan fingerprint density at radius 1 is 0.950 bits per heavy atom. The first-order valence-electron chi connectivity index (χ1n) is 6.63. The van der Waals surface area contributed by atoms with Crippen LogP contribution in [-0.2, 0) is 6.54 Å². The van der Waals surface area contributed by atoms with Crippen LogP contribution in [0.1, 0.15) is 11.6 Å². The lowest BCUT2D eigenvalue weighted by Crippen LogP contribution is -2.18. The number of fused-ring (bicyclic) bond motifs is 1. The Kier molecular flexibility index (Phi) is 3.35. The van der Waals surface area contributed by atoms with Gasteiger partial charge in [-0.25, -0.2) is 0 Å². The van der Waals surface area contributed by atoms with Crippen LogP contribution in [0.5, 0.6) is 0 Å². The molecule has 3 rings (SSSR count). The van der Waals surface area contributed by atoms with Crippen molar-refractivity contribution in [2.75, 3.05) is 0 Å². The van der Waals surface area contributed by atoms with Gasteiger partial charge in [0.05, 0.1) is 0 Å². The summed E-state index contributed by atoms with van der Waals surface area (Å²) in [4.78, 5) is 11.1. The average molecular weight is 264 g/mol. The molecule has 1 unspecified atom stereocenters. The number of hydrogen-bond donors (Lipinski definition) is 1. The fourth-order valence-corrected chi connectivity index (χ4v) is 2.46. The Morgan fingerprint density at radius 3 is 2.45 bits per heavy atom. The van der Waals surface area contributed by atoms with E-state index in [1.54, 1.807) is 24.5 Å². The predicted molar refractivity (Wildman–Crippen MR) is 81.6 cm³/mol. The third-order valence-electron chi connectivity index (χ3n) is 3.49. The highest BCUT2D eigenvalue weighted by atomic mass is 16.1. The molecule has 0 spiro atoms. The van der Waals surface area contributed by atoms with Crippen molar-refractivity contribution >= 4 is 10.8 Å². The summed E-state index contributed by atoms with van der Waals surface area (Å²) in [6.07, 6.45) is 3.54. The van der Waals surface area contributed by atoms with Gasteiger partial charge in [-0.2, -0.15) is 0 Å². The van der Waals surface area contributed by atoms with Gasteiger partial charge in [-0.3, -0.25) is 4.79 Å². The van der Waals surface area contributed by atoms with Crippen LogP contribution < -0.4 is 11.2 Å². The van der Waals surface area contributed by atoms with Gasteiger partial charge in [-0.05, 0) is 16.3 Å². The first-order valence-corrected chi connectivity index (χ1v) is 6.63. The maximum atomic E-state index is 11.1. The summed E-state index contributed by atoms with van der Waals surface area (Å²) >= 11 is 0. The van der Waals surface area contributed by atoms with Gasteiger partial charge in [0.1, 0.15) is 0 Å². The smallest absolute Gasteiger partial charge is 0.181 e. The van der Waals surface area contributed by atoms with Crippen molar-refractivity contribution in [3.05, 3.63) is 82.8 Å². The van der Waals surface area contributed by atoms with E-state index in [9.17, 15) is 4.79 Å². The van der Waals surface area contributed by atoms with Gasteiger partial charge in [0.25, 0.3) is 0 Å². The first-order chi connectivity index (χ1) is 9.74. The highest BCUT2D eigenvalue weighted by Gasteiger charge is 2.09. The van der Waals surface area contributed by atoms with E-state index in [-0.39, 0.29) is 11.5 Å². The highest BCUT2D eigenvalue weighted by molar-refractivity contribution is 5.86. The van der Waals surface area contributed by atoms with Crippen LogP contribution >= 0.6 is 0 Å². The molecule has 100 valence electrons. The lowest BCUT2D eigenvalue weighted by atomic mass is 9.99. The molecule has 1 atom stereocenters. The Bertz CT molecular complexity index is 766. The molecule has 20 heavy (non-hydrogen) atoms. The summed E-state index contributed by atoms with van der Waals surface area (Å²) < 4.78 is 1.94. The van der Waals surface area contributed by atoms with E-state index in [2.05, 4.69) is 24.3 Å². The number of nitrogens with two attached hydrogens (primary N) is 1. The van der Waals surface area contributed by atoms with Crippen LogP contribution in [0.15, 0.2) is 71.8 Å². The van der Waals surface area contributed by atoms with Crippen molar-refractivity contribution in [3.63, 3.8) is 0 Å². The molecule has 2 N–H and O–H groups in total. The lowest BCUT2D eigenvalue weighted by molar-refractivity contribution is 0.577. The summed E-state index contributed by atoms with van der Waals surface area (Å²) in [6.45, 7) is 0.647. The lowest BCUT2D eigenvalue weighted by Gasteiger charge is -2.16. The fourth-order valence-electron chi connectivity index (χ4n) is 2.46. The highest BCUT2D eigenvalue weighted by Crippen LogP contribution is 2.23. The quantitative estimate of drug-likeness (QED) is 0.790. The van der Waals surface area contributed by atoms with E-state index in [0.717, 1.165) is 5.56 Å². The maximum absolute atomic E-state index is 11.1. The molecule has 3 aromatic rings. The summed E-state index contributed by atoms with van der Waals surface area (Å²) in [5.74, 6) is 0. The summed E-state index contributed by atoms with van der Waals surface area (Å²) in [6, 6.07) is 17.4. The Balaban J connectivity index is 1.94. The number of hydrogen-bond acceptors (Lipinski definition) is 2. The second-order valence-electron chi connectivity index (χ2n) is 4.91. The van der Waals surface area contributed by atoms with Crippen molar-refractivity contribution < 1.29 is 0 Å². The predicted octanol–water partition coefficient (Wildman–Crippen LogP) is 2.70. The molecule has 0 saturated heterocycles. The topological polar surface area (TPSA) is 48.0 Å². The Labute approximate surface area is 117 Å². The third-order valence-corrected chi connectivity index (χ3v) is 3.49. The second-order valence-corrected chi connectivity index (χ2v) is 4.91. The van der Waals surface area contributed by atoms with Gasteiger partial charge in [0.15, 0.2) is 5.43 Å². The number of aromatic nitrogens is 1.